The van der Waals surface area contributed by atoms with E-state index in [4.69, 9.17) is 0 Å². The Kier molecular flexibility index (Phi) is 3.36. The van der Waals surface area contributed by atoms with Crippen molar-refractivity contribution in [3.05, 3.63) is 41.1 Å². The van der Waals surface area contributed by atoms with Gasteiger partial charge in [-0.3, -0.25) is 0 Å². The normalized spacial score (nSPS) is 9.88. The summed E-state index contributed by atoms with van der Waals surface area (Å²) in [6, 6.07) is 9.87. The lowest BCUT2D eigenvalue weighted by Gasteiger charge is -2.09. The second kappa shape index (κ2) is 4.94. The molecule has 0 atom stereocenters. The molecule has 82 valence electrons. The zero-order valence-electron chi connectivity index (χ0n) is 8.74. The molecule has 2 aromatic rings. The van der Waals surface area contributed by atoms with E-state index in [-0.39, 0.29) is 0 Å². The maximum atomic E-state index is 4.17. The van der Waals surface area contributed by atoms with Crippen molar-refractivity contribution in [3.63, 3.8) is 0 Å². The predicted octanol–water partition coefficient (Wildman–Crippen LogP) is 3.02. The number of benzene rings is 1. The molecule has 0 bridgehead atoms. The first-order valence-corrected chi connectivity index (χ1v) is 5.61. The quantitative estimate of drug-likeness (QED) is 0.906. The molecule has 2 N–H and O–H groups in total. The second-order valence-electron chi connectivity index (χ2n) is 3.13. The van der Waals surface area contributed by atoms with Gasteiger partial charge in [0.2, 0.25) is 0 Å². The summed E-state index contributed by atoms with van der Waals surface area (Å²) in [5.41, 5.74) is 0.990. The molecule has 0 amide bonds. The Bertz CT molecular complexity index is 473. The zero-order valence-corrected chi connectivity index (χ0v) is 10.3. The zero-order chi connectivity index (χ0) is 11.4. The van der Waals surface area contributed by atoms with Crippen molar-refractivity contribution < 1.29 is 0 Å². The number of anilines is 3. The molecule has 0 unspecified atom stereocenters. The molecule has 0 radical (unpaired) electrons. The second-order valence-corrected chi connectivity index (χ2v) is 3.92. The van der Waals surface area contributed by atoms with Crippen molar-refractivity contribution in [3.8, 4) is 0 Å². The van der Waals surface area contributed by atoms with Gasteiger partial charge in [0.25, 0.3) is 0 Å². The minimum Gasteiger partial charge on any atom is -0.372 e. The number of nitrogens with zero attached hydrogens (tertiary/aromatic N) is 2. The molecule has 0 aliphatic rings. The lowest BCUT2D eigenvalue weighted by Crippen LogP contribution is -2.00. The molecule has 4 nitrogen and oxygen atoms in total. The first-order valence-electron chi connectivity index (χ1n) is 4.81. The molecule has 0 fully saturated rings. The van der Waals surface area contributed by atoms with Gasteiger partial charge in [-0.25, -0.2) is 9.97 Å². The van der Waals surface area contributed by atoms with Gasteiger partial charge in [0, 0.05) is 12.7 Å². The summed E-state index contributed by atoms with van der Waals surface area (Å²) in [6.07, 6.45) is 1.52. The van der Waals surface area contributed by atoms with Crippen LogP contribution in [0.25, 0.3) is 0 Å². The summed E-state index contributed by atoms with van der Waals surface area (Å²) in [5.74, 6) is 1.50. The highest BCUT2D eigenvalue weighted by Gasteiger charge is 2.06. The summed E-state index contributed by atoms with van der Waals surface area (Å²) >= 11 is 3.45. The Morgan fingerprint density at radius 2 is 1.75 bits per heavy atom. The molecular weight excluding hydrogens is 268 g/mol. The summed E-state index contributed by atoms with van der Waals surface area (Å²) < 4.78 is 0.821. The Morgan fingerprint density at radius 1 is 1.06 bits per heavy atom. The van der Waals surface area contributed by atoms with E-state index in [1.807, 2.05) is 37.4 Å². The topological polar surface area (TPSA) is 49.8 Å². The van der Waals surface area contributed by atoms with E-state index in [0.29, 0.717) is 0 Å². The van der Waals surface area contributed by atoms with Crippen LogP contribution in [0.5, 0.6) is 0 Å². The predicted molar refractivity (Wildman–Crippen MR) is 69.0 cm³/mol. The van der Waals surface area contributed by atoms with Crippen LogP contribution in [0.2, 0.25) is 0 Å². The standard InChI is InChI=1S/C11H11BrN4/c1-13-10-9(12)11(15-7-14-10)16-8-5-3-2-4-6-8/h2-7H,1H3,(H2,13,14,15,16). The third kappa shape index (κ3) is 2.30. The molecule has 5 heteroatoms. The fourth-order valence-electron chi connectivity index (χ4n) is 1.29. The van der Waals surface area contributed by atoms with Crippen LogP contribution in [0.3, 0.4) is 0 Å². The molecule has 16 heavy (non-hydrogen) atoms. The highest BCUT2D eigenvalue weighted by atomic mass is 79.9. The fourth-order valence-corrected chi connectivity index (χ4v) is 1.79. The summed E-state index contributed by atoms with van der Waals surface area (Å²) in [4.78, 5) is 8.26. The SMILES string of the molecule is CNc1ncnc(Nc2ccccc2)c1Br. The van der Waals surface area contributed by atoms with Crippen LogP contribution < -0.4 is 10.6 Å². The monoisotopic (exact) mass is 278 g/mol. The molecule has 0 saturated heterocycles. The van der Waals surface area contributed by atoms with E-state index in [1.54, 1.807) is 0 Å². The highest BCUT2D eigenvalue weighted by Crippen LogP contribution is 2.28. The van der Waals surface area contributed by atoms with Crippen molar-refractivity contribution in [1.82, 2.24) is 9.97 Å². The van der Waals surface area contributed by atoms with Gasteiger partial charge in [0.05, 0.1) is 0 Å². The molecule has 0 saturated carbocycles. The number of halogens is 1. The van der Waals surface area contributed by atoms with E-state index >= 15 is 0 Å². The average Bonchev–Trinajstić information content (AvgIpc) is 2.33. The average molecular weight is 279 g/mol. The molecular formula is C11H11BrN4. The molecule has 2 rings (SSSR count). The van der Waals surface area contributed by atoms with E-state index in [2.05, 4.69) is 36.5 Å². The Labute approximate surface area is 102 Å². The molecule has 1 heterocycles. The Morgan fingerprint density at radius 3 is 2.44 bits per heavy atom. The molecule has 1 aromatic carbocycles. The van der Waals surface area contributed by atoms with Gasteiger partial charge in [0.15, 0.2) is 0 Å². The van der Waals surface area contributed by atoms with Gasteiger partial charge in [-0.15, -0.1) is 0 Å². The Hall–Kier alpha value is -1.62. The number of hydrogen-bond donors (Lipinski definition) is 2. The number of rotatable bonds is 3. The lowest BCUT2D eigenvalue weighted by molar-refractivity contribution is 1.14. The van der Waals surface area contributed by atoms with Crippen molar-refractivity contribution in [1.29, 1.82) is 0 Å². The minimum atomic E-state index is 0.741. The maximum Gasteiger partial charge on any atom is 0.150 e. The van der Waals surface area contributed by atoms with E-state index in [1.165, 1.54) is 6.33 Å². The van der Waals surface area contributed by atoms with Crippen molar-refractivity contribution in [2.75, 3.05) is 17.7 Å². The first-order chi connectivity index (χ1) is 7.81. The van der Waals surface area contributed by atoms with Crippen molar-refractivity contribution in [2.24, 2.45) is 0 Å². The minimum absolute atomic E-state index is 0.741. The van der Waals surface area contributed by atoms with Gasteiger partial charge in [-0.1, -0.05) is 18.2 Å². The summed E-state index contributed by atoms with van der Waals surface area (Å²) in [6.45, 7) is 0. The molecule has 1 aromatic heterocycles. The van der Waals surface area contributed by atoms with Gasteiger partial charge in [-0.2, -0.15) is 0 Å². The van der Waals surface area contributed by atoms with Gasteiger partial charge in [-0.05, 0) is 28.1 Å². The third-order valence-electron chi connectivity index (χ3n) is 2.06. The summed E-state index contributed by atoms with van der Waals surface area (Å²) in [7, 11) is 1.82. The third-order valence-corrected chi connectivity index (χ3v) is 2.81. The van der Waals surface area contributed by atoms with Crippen LogP contribution in [-0.4, -0.2) is 17.0 Å². The van der Waals surface area contributed by atoms with Crippen LogP contribution >= 0.6 is 15.9 Å². The van der Waals surface area contributed by atoms with Gasteiger partial charge < -0.3 is 10.6 Å². The van der Waals surface area contributed by atoms with Crippen LogP contribution in [0, 0.1) is 0 Å². The van der Waals surface area contributed by atoms with Crippen molar-refractivity contribution in [2.45, 2.75) is 0 Å². The lowest BCUT2D eigenvalue weighted by atomic mass is 10.3. The first kappa shape index (κ1) is 10.9. The van der Waals surface area contributed by atoms with Gasteiger partial charge >= 0.3 is 0 Å². The molecule has 0 aliphatic carbocycles. The maximum absolute atomic E-state index is 4.17. The van der Waals surface area contributed by atoms with Crippen LogP contribution in [0.1, 0.15) is 0 Å². The highest BCUT2D eigenvalue weighted by molar-refractivity contribution is 9.10. The number of hydrogen-bond acceptors (Lipinski definition) is 4. The smallest absolute Gasteiger partial charge is 0.150 e. The number of aromatic nitrogens is 2. The van der Waals surface area contributed by atoms with Crippen LogP contribution in [0.15, 0.2) is 41.1 Å². The van der Waals surface area contributed by atoms with Crippen LogP contribution in [0.4, 0.5) is 17.3 Å². The fraction of sp³-hybridized carbons (Fsp3) is 0.0909. The largest absolute Gasteiger partial charge is 0.372 e. The number of nitrogens with one attached hydrogen (secondary N) is 2. The van der Waals surface area contributed by atoms with E-state index in [9.17, 15) is 0 Å². The van der Waals surface area contributed by atoms with E-state index < -0.39 is 0 Å². The molecule has 0 aliphatic heterocycles. The van der Waals surface area contributed by atoms with Crippen molar-refractivity contribution >= 4 is 33.3 Å². The number of para-hydroxylation sites is 1. The Balaban J connectivity index is 2.28. The summed E-state index contributed by atoms with van der Waals surface area (Å²) in [5, 5.41) is 6.19. The molecule has 0 spiro atoms. The van der Waals surface area contributed by atoms with Crippen LogP contribution in [-0.2, 0) is 0 Å². The van der Waals surface area contributed by atoms with Gasteiger partial charge in [0.1, 0.15) is 22.4 Å². The van der Waals surface area contributed by atoms with E-state index in [0.717, 1.165) is 21.8 Å².